The Morgan fingerprint density at radius 2 is 2.17 bits per heavy atom. The number of benzene rings is 1. The average molecular weight is 172 g/mol. The standard InChI is InChI=1S/C8H9FO3/c1-12-8-3-7(11)5(4-10)2-6(8)9/h2-3,10-11H,4H2,1H3. The number of hydrogen-bond acceptors (Lipinski definition) is 3. The number of hydrogen-bond donors (Lipinski definition) is 2. The number of halogens is 1. The molecule has 0 spiro atoms. The molecule has 0 fully saturated rings. The largest absolute Gasteiger partial charge is 0.507 e. The molecule has 3 nitrogen and oxygen atoms in total. The lowest BCUT2D eigenvalue weighted by atomic mass is 10.2. The fourth-order valence-electron chi connectivity index (χ4n) is 0.867. The second-order valence-electron chi connectivity index (χ2n) is 2.27. The van der Waals surface area contributed by atoms with Gasteiger partial charge in [-0.2, -0.15) is 0 Å². The molecule has 2 N–H and O–H groups in total. The van der Waals surface area contributed by atoms with Crippen molar-refractivity contribution in [2.75, 3.05) is 7.11 Å². The van der Waals surface area contributed by atoms with Crippen molar-refractivity contribution in [3.63, 3.8) is 0 Å². The van der Waals surface area contributed by atoms with Crippen LogP contribution in [0.2, 0.25) is 0 Å². The van der Waals surface area contributed by atoms with E-state index in [1.165, 1.54) is 7.11 Å². The molecule has 4 heteroatoms. The zero-order valence-corrected chi connectivity index (χ0v) is 6.54. The van der Waals surface area contributed by atoms with E-state index in [-0.39, 0.29) is 17.1 Å². The Bertz CT molecular complexity index is 256. The smallest absolute Gasteiger partial charge is 0.165 e. The van der Waals surface area contributed by atoms with Crippen molar-refractivity contribution in [1.82, 2.24) is 0 Å². The lowest BCUT2D eigenvalue weighted by Gasteiger charge is -2.05. The van der Waals surface area contributed by atoms with Gasteiger partial charge < -0.3 is 14.9 Å². The highest BCUT2D eigenvalue weighted by atomic mass is 19.1. The first-order valence-electron chi connectivity index (χ1n) is 3.35. The predicted octanol–water partition coefficient (Wildman–Crippen LogP) is 1.03. The summed E-state index contributed by atoms with van der Waals surface area (Å²) in [7, 11) is 1.30. The summed E-state index contributed by atoms with van der Waals surface area (Å²) in [6.45, 7) is -0.396. The summed E-state index contributed by atoms with van der Waals surface area (Å²) in [4.78, 5) is 0. The molecule has 1 aromatic carbocycles. The lowest BCUT2D eigenvalue weighted by molar-refractivity contribution is 0.273. The molecule has 0 aliphatic heterocycles. The molecule has 0 aromatic heterocycles. The molecule has 0 unspecified atom stereocenters. The van der Waals surface area contributed by atoms with Crippen LogP contribution >= 0.6 is 0 Å². The van der Waals surface area contributed by atoms with Gasteiger partial charge >= 0.3 is 0 Å². The van der Waals surface area contributed by atoms with E-state index < -0.39 is 12.4 Å². The minimum atomic E-state index is -0.598. The molecule has 1 rings (SSSR count). The van der Waals surface area contributed by atoms with Crippen molar-refractivity contribution in [2.45, 2.75) is 6.61 Å². The topological polar surface area (TPSA) is 49.7 Å². The highest BCUT2D eigenvalue weighted by molar-refractivity contribution is 5.40. The van der Waals surface area contributed by atoms with Crippen molar-refractivity contribution >= 4 is 0 Å². The quantitative estimate of drug-likeness (QED) is 0.700. The Labute approximate surface area is 69.0 Å². The molecule has 0 atom stereocenters. The minimum absolute atomic E-state index is 0.0373. The number of aliphatic hydroxyl groups is 1. The van der Waals surface area contributed by atoms with Crippen LogP contribution in [-0.4, -0.2) is 17.3 Å². The summed E-state index contributed by atoms with van der Waals surface area (Å²) < 4.78 is 17.5. The monoisotopic (exact) mass is 172 g/mol. The van der Waals surface area contributed by atoms with Crippen molar-refractivity contribution < 1.29 is 19.3 Å². The van der Waals surface area contributed by atoms with E-state index in [0.717, 1.165) is 12.1 Å². The third-order valence-corrected chi connectivity index (χ3v) is 1.52. The van der Waals surface area contributed by atoms with E-state index in [1.807, 2.05) is 0 Å². The molecule has 12 heavy (non-hydrogen) atoms. The lowest BCUT2D eigenvalue weighted by Crippen LogP contribution is -1.91. The van der Waals surface area contributed by atoms with Crippen LogP contribution < -0.4 is 4.74 Å². The summed E-state index contributed by atoms with van der Waals surface area (Å²) in [5, 5.41) is 17.8. The number of phenols is 1. The van der Waals surface area contributed by atoms with E-state index in [9.17, 15) is 4.39 Å². The molecule has 0 saturated carbocycles. The first-order chi connectivity index (χ1) is 5.69. The molecule has 0 amide bonds. The fraction of sp³-hybridized carbons (Fsp3) is 0.250. The zero-order chi connectivity index (χ0) is 9.14. The molecular weight excluding hydrogens is 163 g/mol. The van der Waals surface area contributed by atoms with Crippen LogP contribution in [0.5, 0.6) is 11.5 Å². The third-order valence-electron chi connectivity index (χ3n) is 1.52. The van der Waals surface area contributed by atoms with Crippen LogP contribution in [0.1, 0.15) is 5.56 Å². The molecule has 66 valence electrons. The Morgan fingerprint density at radius 1 is 1.50 bits per heavy atom. The molecule has 0 aliphatic rings. The van der Waals surface area contributed by atoms with Crippen LogP contribution in [0.3, 0.4) is 0 Å². The highest BCUT2D eigenvalue weighted by Crippen LogP contribution is 2.26. The van der Waals surface area contributed by atoms with E-state index in [4.69, 9.17) is 10.2 Å². The van der Waals surface area contributed by atoms with Gasteiger partial charge in [0.05, 0.1) is 13.7 Å². The van der Waals surface area contributed by atoms with Gasteiger partial charge in [-0.15, -0.1) is 0 Å². The molecule has 0 aliphatic carbocycles. The van der Waals surface area contributed by atoms with Crippen LogP contribution in [0.4, 0.5) is 4.39 Å². The molecule has 0 saturated heterocycles. The summed E-state index contributed by atoms with van der Waals surface area (Å²) >= 11 is 0. The van der Waals surface area contributed by atoms with Crippen LogP contribution in [0.25, 0.3) is 0 Å². The number of rotatable bonds is 2. The normalized spacial score (nSPS) is 9.92. The van der Waals surface area contributed by atoms with E-state index in [2.05, 4.69) is 4.74 Å². The van der Waals surface area contributed by atoms with Crippen molar-refractivity contribution in [3.8, 4) is 11.5 Å². The predicted molar refractivity (Wildman–Crippen MR) is 40.5 cm³/mol. The zero-order valence-electron chi connectivity index (χ0n) is 6.54. The molecule has 0 bridgehead atoms. The maximum absolute atomic E-state index is 12.9. The molecule has 0 heterocycles. The van der Waals surface area contributed by atoms with Gasteiger partial charge in [0.25, 0.3) is 0 Å². The first-order valence-corrected chi connectivity index (χ1v) is 3.35. The number of aliphatic hydroxyl groups excluding tert-OH is 1. The van der Waals surface area contributed by atoms with Crippen LogP contribution in [0, 0.1) is 5.82 Å². The fourth-order valence-corrected chi connectivity index (χ4v) is 0.867. The van der Waals surface area contributed by atoms with Gasteiger partial charge in [0.2, 0.25) is 0 Å². The van der Waals surface area contributed by atoms with E-state index in [1.54, 1.807) is 0 Å². The summed E-state index contributed by atoms with van der Waals surface area (Å²) in [5.74, 6) is -0.806. The van der Waals surface area contributed by atoms with Crippen LogP contribution in [0.15, 0.2) is 12.1 Å². The van der Waals surface area contributed by atoms with Gasteiger partial charge in [0.1, 0.15) is 5.75 Å². The van der Waals surface area contributed by atoms with E-state index >= 15 is 0 Å². The Morgan fingerprint density at radius 3 is 2.67 bits per heavy atom. The van der Waals surface area contributed by atoms with Crippen LogP contribution in [-0.2, 0) is 6.61 Å². The maximum Gasteiger partial charge on any atom is 0.165 e. The van der Waals surface area contributed by atoms with Gasteiger partial charge in [-0.1, -0.05) is 0 Å². The Hall–Kier alpha value is -1.29. The number of methoxy groups -OCH3 is 1. The first kappa shape index (κ1) is 8.80. The summed E-state index contributed by atoms with van der Waals surface area (Å²) in [6, 6.07) is 2.16. The van der Waals surface area contributed by atoms with Crippen molar-refractivity contribution in [3.05, 3.63) is 23.5 Å². The average Bonchev–Trinajstić information content (AvgIpc) is 2.08. The van der Waals surface area contributed by atoms with Gasteiger partial charge in [0.15, 0.2) is 11.6 Å². The van der Waals surface area contributed by atoms with Crippen molar-refractivity contribution in [2.24, 2.45) is 0 Å². The van der Waals surface area contributed by atoms with Gasteiger partial charge in [-0.3, -0.25) is 0 Å². The maximum atomic E-state index is 12.9. The Kier molecular flexibility index (Phi) is 2.50. The van der Waals surface area contributed by atoms with Gasteiger partial charge in [-0.05, 0) is 6.07 Å². The SMILES string of the molecule is COc1cc(O)c(CO)cc1F. The number of ether oxygens (including phenoxy) is 1. The van der Waals surface area contributed by atoms with Gasteiger partial charge in [-0.25, -0.2) is 4.39 Å². The van der Waals surface area contributed by atoms with Gasteiger partial charge in [0, 0.05) is 11.6 Å². The second kappa shape index (κ2) is 3.40. The summed E-state index contributed by atoms with van der Waals surface area (Å²) in [6.07, 6.45) is 0. The second-order valence-corrected chi connectivity index (χ2v) is 2.27. The molecule has 1 aromatic rings. The number of aromatic hydroxyl groups is 1. The highest BCUT2D eigenvalue weighted by Gasteiger charge is 2.07. The Balaban J connectivity index is 3.16. The van der Waals surface area contributed by atoms with Crippen molar-refractivity contribution in [1.29, 1.82) is 0 Å². The third kappa shape index (κ3) is 1.48. The minimum Gasteiger partial charge on any atom is -0.507 e. The molecule has 0 radical (unpaired) electrons. The summed E-state index contributed by atoms with van der Waals surface area (Å²) in [5.41, 5.74) is 0.147. The molecular formula is C8H9FO3. The van der Waals surface area contributed by atoms with E-state index in [0.29, 0.717) is 0 Å².